The summed E-state index contributed by atoms with van der Waals surface area (Å²) in [5.41, 5.74) is 10.3. The van der Waals surface area contributed by atoms with E-state index in [9.17, 15) is 0 Å². The van der Waals surface area contributed by atoms with E-state index in [0.717, 1.165) is 32.7 Å². The van der Waals surface area contributed by atoms with Crippen LogP contribution in [0.4, 0.5) is 5.69 Å². The van der Waals surface area contributed by atoms with E-state index < -0.39 is 0 Å². The lowest BCUT2D eigenvalue weighted by atomic mass is 9.88. The van der Waals surface area contributed by atoms with Crippen LogP contribution in [0.15, 0.2) is 18.2 Å². The lowest BCUT2D eigenvalue weighted by Gasteiger charge is -2.31. The Kier molecular flexibility index (Phi) is 3.04. The Morgan fingerprint density at radius 3 is 2.88 bits per heavy atom. The highest BCUT2D eigenvalue weighted by atomic mass is 16.5. The predicted octanol–water partition coefficient (Wildman–Crippen LogP) is 1.86. The zero-order valence-corrected chi connectivity index (χ0v) is 10.2. The zero-order chi connectivity index (χ0) is 11.7. The van der Waals surface area contributed by atoms with Gasteiger partial charge in [-0.15, -0.1) is 0 Å². The molecule has 3 rings (SSSR count). The third-order valence-corrected chi connectivity index (χ3v) is 3.86. The van der Waals surface area contributed by atoms with Crippen LogP contribution >= 0.6 is 0 Å². The van der Waals surface area contributed by atoms with Crippen molar-refractivity contribution in [1.29, 1.82) is 0 Å². The number of hydrogen-bond acceptors (Lipinski definition) is 3. The highest BCUT2D eigenvalue weighted by Gasteiger charge is 2.18. The number of hydrogen-bond donors (Lipinski definition) is 1. The summed E-state index contributed by atoms with van der Waals surface area (Å²) < 4.78 is 5.39. The van der Waals surface area contributed by atoms with E-state index in [-0.39, 0.29) is 6.04 Å². The number of nitrogens with zero attached hydrogens (tertiary/aromatic N) is 1. The second kappa shape index (κ2) is 4.67. The van der Waals surface area contributed by atoms with Crippen molar-refractivity contribution < 1.29 is 4.74 Å². The molecule has 0 bridgehead atoms. The fourth-order valence-electron chi connectivity index (χ4n) is 2.86. The van der Waals surface area contributed by atoms with Gasteiger partial charge in [-0.3, -0.25) is 0 Å². The normalized spacial score (nSPS) is 24.5. The maximum atomic E-state index is 6.14. The van der Waals surface area contributed by atoms with Gasteiger partial charge in [-0.05, 0) is 42.5 Å². The highest BCUT2D eigenvalue weighted by Crippen LogP contribution is 2.31. The minimum atomic E-state index is 0.248. The molecule has 1 aromatic rings. The molecule has 0 radical (unpaired) electrons. The first-order valence-electron chi connectivity index (χ1n) is 6.56. The number of benzene rings is 1. The Hall–Kier alpha value is -1.06. The standard InChI is InChI=1S/C14H20N2O/c15-14-3-1-2-11-10-12(4-5-13(11)14)16-6-8-17-9-7-16/h4-5,10,14H,1-3,6-9,15H2. The second-order valence-electron chi connectivity index (χ2n) is 4.98. The maximum Gasteiger partial charge on any atom is 0.0642 e. The van der Waals surface area contributed by atoms with Crippen molar-refractivity contribution in [3.63, 3.8) is 0 Å². The van der Waals surface area contributed by atoms with Crippen molar-refractivity contribution >= 4 is 5.69 Å². The molecular weight excluding hydrogens is 212 g/mol. The molecule has 1 atom stereocenters. The van der Waals surface area contributed by atoms with E-state index >= 15 is 0 Å². The van der Waals surface area contributed by atoms with Crippen LogP contribution in [-0.4, -0.2) is 26.3 Å². The minimum absolute atomic E-state index is 0.248. The van der Waals surface area contributed by atoms with Gasteiger partial charge in [0.15, 0.2) is 0 Å². The van der Waals surface area contributed by atoms with Gasteiger partial charge in [0.1, 0.15) is 0 Å². The molecule has 3 heteroatoms. The molecule has 92 valence electrons. The molecule has 2 aliphatic rings. The van der Waals surface area contributed by atoms with Crippen molar-refractivity contribution in [2.45, 2.75) is 25.3 Å². The fourth-order valence-corrected chi connectivity index (χ4v) is 2.86. The SMILES string of the molecule is NC1CCCc2cc(N3CCOCC3)ccc21. The van der Waals surface area contributed by atoms with Crippen molar-refractivity contribution in [3.05, 3.63) is 29.3 Å². The maximum absolute atomic E-state index is 6.14. The highest BCUT2D eigenvalue weighted by molar-refractivity contribution is 5.52. The average Bonchev–Trinajstić information content (AvgIpc) is 2.40. The van der Waals surface area contributed by atoms with Crippen LogP contribution in [0.5, 0.6) is 0 Å². The van der Waals surface area contributed by atoms with E-state index in [0.29, 0.717) is 0 Å². The molecule has 2 N–H and O–H groups in total. The van der Waals surface area contributed by atoms with Crippen LogP contribution in [0.25, 0.3) is 0 Å². The van der Waals surface area contributed by atoms with Gasteiger partial charge in [0, 0.05) is 24.8 Å². The van der Waals surface area contributed by atoms with Gasteiger partial charge < -0.3 is 15.4 Å². The summed E-state index contributed by atoms with van der Waals surface area (Å²) in [5.74, 6) is 0. The van der Waals surface area contributed by atoms with Gasteiger partial charge in [-0.25, -0.2) is 0 Å². The molecule has 1 aliphatic carbocycles. The van der Waals surface area contributed by atoms with E-state index in [1.807, 2.05) is 0 Å². The lowest BCUT2D eigenvalue weighted by molar-refractivity contribution is 0.122. The molecule has 1 aromatic carbocycles. The first-order valence-corrected chi connectivity index (χ1v) is 6.56. The van der Waals surface area contributed by atoms with E-state index in [4.69, 9.17) is 10.5 Å². The van der Waals surface area contributed by atoms with Gasteiger partial charge in [0.05, 0.1) is 13.2 Å². The Morgan fingerprint density at radius 2 is 2.06 bits per heavy atom. The summed E-state index contributed by atoms with van der Waals surface area (Å²) in [4.78, 5) is 2.41. The molecule has 0 saturated carbocycles. The molecule has 1 heterocycles. The van der Waals surface area contributed by atoms with Crippen LogP contribution in [0, 0.1) is 0 Å². The van der Waals surface area contributed by atoms with Crippen molar-refractivity contribution in [2.75, 3.05) is 31.2 Å². The third kappa shape index (κ3) is 2.17. The molecule has 0 spiro atoms. The molecule has 0 amide bonds. The molecule has 0 aromatic heterocycles. The quantitative estimate of drug-likeness (QED) is 0.803. The van der Waals surface area contributed by atoms with Crippen LogP contribution < -0.4 is 10.6 Å². The summed E-state index contributed by atoms with van der Waals surface area (Å²) in [6.45, 7) is 3.70. The smallest absolute Gasteiger partial charge is 0.0642 e. The number of fused-ring (bicyclic) bond motifs is 1. The number of ether oxygens (including phenoxy) is 1. The van der Waals surface area contributed by atoms with Gasteiger partial charge in [0.25, 0.3) is 0 Å². The topological polar surface area (TPSA) is 38.5 Å². The number of anilines is 1. The van der Waals surface area contributed by atoms with Gasteiger partial charge >= 0.3 is 0 Å². The number of aryl methyl sites for hydroxylation is 1. The summed E-state index contributed by atoms with van der Waals surface area (Å²) in [6, 6.07) is 7.02. The molecule has 1 aliphatic heterocycles. The predicted molar refractivity (Wildman–Crippen MR) is 69.3 cm³/mol. The van der Waals surface area contributed by atoms with Crippen LogP contribution in [-0.2, 0) is 11.2 Å². The van der Waals surface area contributed by atoms with Crippen molar-refractivity contribution in [3.8, 4) is 0 Å². The summed E-state index contributed by atoms with van der Waals surface area (Å²) in [6.07, 6.45) is 3.53. The Bertz CT molecular complexity index is 399. The molecule has 1 unspecified atom stereocenters. The first kappa shape index (κ1) is 11.1. The van der Waals surface area contributed by atoms with Gasteiger partial charge in [-0.2, -0.15) is 0 Å². The summed E-state index contributed by atoms with van der Waals surface area (Å²) >= 11 is 0. The summed E-state index contributed by atoms with van der Waals surface area (Å²) in [5, 5.41) is 0. The number of nitrogens with two attached hydrogens (primary N) is 1. The summed E-state index contributed by atoms with van der Waals surface area (Å²) in [7, 11) is 0. The van der Waals surface area contributed by atoms with Crippen LogP contribution in [0.3, 0.4) is 0 Å². The zero-order valence-electron chi connectivity index (χ0n) is 10.2. The average molecular weight is 232 g/mol. The molecule has 3 nitrogen and oxygen atoms in total. The number of rotatable bonds is 1. The van der Waals surface area contributed by atoms with Crippen LogP contribution in [0.2, 0.25) is 0 Å². The molecule has 1 fully saturated rings. The van der Waals surface area contributed by atoms with Gasteiger partial charge in [-0.1, -0.05) is 6.07 Å². The number of morpholine rings is 1. The Labute approximate surface area is 103 Å². The molecule has 1 saturated heterocycles. The van der Waals surface area contributed by atoms with Gasteiger partial charge in [0.2, 0.25) is 0 Å². The third-order valence-electron chi connectivity index (χ3n) is 3.86. The van der Waals surface area contributed by atoms with Crippen molar-refractivity contribution in [2.24, 2.45) is 5.73 Å². The fraction of sp³-hybridized carbons (Fsp3) is 0.571. The monoisotopic (exact) mass is 232 g/mol. The van der Waals surface area contributed by atoms with Crippen LogP contribution in [0.1, 0.15) is 30.0 Å². The van der Waals surface area contributed by atoms with Crippen molar-refractivity contribution in [1.82, 2.24) is 0 Å². The van der Waals surface area contributed by atoms with E-state index in [1.165, 1.54) is 29.7 Å². The molecular formula is C14H20N2O. The largest absolute Gasteiger partial charge is 0.378 e. The lowest BCUT2D eigenvalue weighted by Crippen LogP contribution is -2.36. The van der Waals surface area contributed by atoms with E-state index in [2.05, 4.69) is 23.1 Å². The minimum Gasteiger partial charge on any atom is -0.378 e. The Balaban J connectivity index is 1.86. The first-order chi connectivity index (χ1) is 8.34. The Morgan fingerprint density at radius 1 is 1.24 bits per heavy atom. The molecule has 17 heavy (non-hydrogen) atoms. The second-order valence-corrected chi connectivity index (χ2v) is 4.98. The van der Waals surface area contributed by atoms with E-state index in [1.54, 1.807) is 0 Å².